The van der Waals surface area contributed by atoms with Crippen LogP contribution in [-0.4, -0.2) is 109 Å². The van der Waals surface area contributed by atoms with Crippen LogP contribution in [0.1, 0.15) is 65.2 Å². The van der Waals surface area contributed by atoms with Gasteiger partial charge in [0, 0.05) is 36.6 Å². The number of anilines is 1. The maximum atomic E-state index is 12.8. The first-order valence-corrected chi connectivity index (χ1v) is 26.0. The van der Waals surface area contributed by atoms with Crippen LogP contribution in [0, 0.1) is 11.8 Å². The number of unbranched alkanes of at least 4 members (excludes halogenated alkanes) is 1. The molecule has 5 atom stereocenters. The van der Waals surface area contributed by atoms with Crippen molar-refractivity contribution in [2.24, 2.45) is 0 Å². The maximum absolute atomic E-state index is 12.8. The number of nitrogens with zero attached hydrogens (tertiary/aromatic N) is 2. The van der Waals surface area contributed by atoms with E-state index in [1.807, 2.05) is 6.92 Å². The molecule has 29 heteroatoms. The highest BCUT2D eigenvalue weighted by Crippen LogP contribution is 2.66. The molecule has 1 saturated heterocycles. The van der Waals surface area contributed by atoms with Crippen molar-refractivity contribution >= 4 is 84.5 Å². The minimum absolute atomic E-state index is 0.0176. The highest BCUT2D eigenvalue weighted by molar-refractivity contribution is 8.77. The second kappa shape index (κ2) is 25.4. The van der Waals surface area contributed by atoms with Gasteiger partial charge in [0.1, 0.15) is 30.0 Å². The number of esters is 1. The van der Waals surface area contributed by atoms with Crippen LogP contribution >= 0.6 is 66.6 Å². The van der Waals surface area contributed by atoms with Crippen molar-refractivity contribution in [2.75, 3.05) is 56.3 Å². The van der Waals surface area contributed by atoms with Gasteiger partial charge in [0.25, 0.3) is 0 Å². The average Bonchev–Trinajstić information content (AvgIpc) is 3.48. The Kier molecular flexibility index (Phi) is 23.1. The third-order valence-corrected chi connectivity index (χ3v) is 15.7. The first kappa shape index (κ1) is 51.8. The molecule has 2 unspecified atom stereocenters. The number of phosphoric acid groups is 3. The molecule has 0 saturated carbocycles. The maximum Gasteiger partial charge on any atom is 0.490 e. The van der Waals surface area contributed by atoms with Crippen LogP contribution < -0.4 is 16.7 Å². The molecule has 7 N–H and O–H groups in total. The third kappa shape index (κ3) is 22.7. The number of nitrogen functional groups attached to an aromatic ring is 1. The van der Waals surface area contributed by atoms with Crippen molar-refractivity contribution in [3.63, 3.8) is 0 Å². The van der Waals surface area contributed by atoms with E-state index in [4.69, 9.17) is 43.7 Å². The van der Waals surface area contributed by atoms with E-state index in [2.05, 4.69) is 44.6 Å². The lowest BCUT2D eigenvalue weighted by Gasteiger charge is -2.22. The summed E-state index contributed by atoms with van der Waals surface area (Å²) in [4.78, 5) is 76.4. The Hall–Kier alpha value is -1.33. The third-order valence-electron chi connectivity index (χ3n) is 6.71. The van der Waals surface area contributed by atoms with E-state index in [9.17, 15) is 37.9 Å². The lowest BCUT2D eigenvalue weighted by atomic mass is 10.1. The zero-order chi connectivity index (χ0) is 42.7. The molecule has 1 fully saturated rings. The first-order chi connectivity index (χ1) is 26.6. The number of ether oxygens (including phenoxy) is 5. The number of carbonyl (C=O) groups is 2. The fourth-order valence-electron chi connectivity index (χ4n) is 4.22. The molecular weight excluding hydrogens is 902 g/mol. The zero-order valence-corrected chi connectivity index (χ0v) is 37.2. The summed E-state index contributed by atoms with van der Waals surface area (Å²) in [6.45, 7) is 7.46. The summed E-state index contributed by atoms with van der Waals surface area (Å²) in [6.07, 6.45) is -0.658. The van der Waals surface area contributed by atoms with Crippen molar-refractivity contribution in [3.05, 3.63) is 22.2 Å². The van der Waals surface area contributed by atoms with Crippen molar-refractivity contribution < 1.29 is 79.7 Å². The van der Waals surface area contributed by atoms with Gasteiger partial charge in [-0.2, -0.15) is 13.6 Å². The number of nitrogens with one attached hydrogen (secondary N) is 1. The Morgan fingerprint density at radius 2 is 1.77 bits per heavy atom. The minimum Gasteiger partial charge on any atom is -0.466 e. The fourth-order valence-corrected chi connectivity index (χ4v) is 10.9. The highest BCUT2D eigenvalue weighted by atomic mass is 33.1. The van der Waals surface area contributed by atoms with Gasteiger partial charge in [0.05, 0.1) is 38.0 Å². The van der Waals surface area contributed by atoms with Crippen LogP contribution in [0.3, 0.4) is 0 Å². The lowest BCUT2D eigenvalue weighted by molar-refractivity contribution is -0.141. The van der Waals surface area contributed by atoms with Gasteiger partial charge in [-0.3, -0.25) is 13.9 Å². The Labute approximate surface area is 344 Å². The molecule has 0 aliphatic carbocycles. The van der Waals surface area contributed by atoms with Crippen LogP contribution in [0.4, 0.5) is 10.6 Å². The molecule has 1 amide bonds. The van der Waals surface area contributed by atoms with Gasteiger partial charge >= 0.3 is 41.2 Å². The predicted molar refractivity (Wildman–Crippen MR) is 214 cm³/mol. The SMILES string of the molecule is CCSSCO[C@@H]1C[C@H](n2cc(C#CCNC(=O)OCCCCOCSSC(C)(C)CCOC(C)=O)c(N)nc2=O)O[C@@H]1COP(=O)(O)OP(=O)(O)OP(=O)(O)O. The quantitative estimate of drug-likeness (QED) is 0.0190. The number of phosphoric ester groups is 1. The van der Waals surface area contributed by atoms with Crippen LogP contribution in [-0.2, 0) is 55.3 Å². The van der Waals surface area contributed by atoms with Crippen molar-refractivity contribution in [2.45, 2.75) is 76.6 Å². The van der Waals surface area contributed by atoms with E-state index in [0.717, 1.165) is 10.3 Å². The number of carbonyl (C=O) groups excluding carboxylic acids is 2. The largest absolute Gasteiger partial charge is 0.490 e. The normalized spacial score (nSPS) is 19.2. The van der Waals surface area contributed by atoms with E-state index in [0.29, 0.717) is 38.4 Å². The standard InChI is InChI=1S/C28H47N4O18P3S4/c1-5-54-55-19-46-22-15-24(48-23(22)17-47-52(39,40)50-53(41,42)49-51(36,37)38)32-16-21(25(29)31-26(32)34)9-8-11-30-27(35)45-13-7-6-12-43-18-56-57-28(3,4)10-14-44-20(2)33/h16,22-24H,5-7,10-15,17-19H2,1-4H3,(H,30,35)(H,39,40)(H,41,42)(H2,29,31,34)(H2,36,37,38)/t22-,23-,24-/m1/s1. The van der Waals surface area contributed by atoms with Crippen molar-refractivity contribution in [3.8, 4) is 11.8 Å². The summed E-state index contributed by atoms with van der Waals surface area (Å²) in [5, 5.41) is 2.48. The number of rotatable bonds is 26. The van der Waals surface area contributed by atoms with Crippen LogP contribution in [0.15, 0.2) is 11.0 Å². The molecule has 1 aliphatic rings. The molecule has 22 nitrogen and oxygen atoms in total. The smallest absolute Gasteiger partial charge is 0.466 e. The highest BCUT2D eigenvalue weighted by Gasteiger charge is 2.43. The number of aromatic nitrogens is 2. The molecule has 57 heavy (non-hydrogen) atoms. The Morgan fingerprint density at radius 1 is 1.05 bits per heavy atom. The van der Waals surface area contributed by atoms with Gasteiger partial charge in [-0.25, -0.2) is 23.3 Å². The van der Waals surface area contributed by atoms with Gasteiger partial charge in [-0.15, -0.1) is 0 Å². The number of alkyl carbamates (subject to hydrolysis) is 1. The Morgan fingerprint density at radius 3 is 2.46 bits per heavy atom. The van der Waals surface area contributed by atoms with E-state index < -0.39 is 60.3 Å². The van der Waals surface area contributed by atoms with Gasteiger partial charge in [0.2, 0.25) is 0 Å². The molecule has 2 heterocycles. The fraction of sp³-hybridized carbons (Fsp3) is 0.714. The molecule has 0 radical (unpaired) electrons. The molecule has 1 aromatic heterocycles. The van der Waals surface area contributed by atoms with Crippen LogP contribution in [0.5, 0.6) is 0 Å². The predicted octanol–water partition coefficient (Wildman–Crippen LogP) is 4.15. The summed E-state index contributed by atoms with van der Waals surface area (Å²) in [7, 11) is -10.8. The molecule has 326 valence electrons. The minimum atomic E-state index is -5.75. The van der Waals surface area contributed by atoms with E-state index in [1.165, 1.54) is 34.7 Å². The number of hydrogen-bond donors (Lipinski definition) is 6. The number of hydrogen-bond acceptors (Lipinski definition) is 20. The Bertz CT molecular complexity index is 1730. The second-order valence-corrected chi connectivity index (χ2v) is 22.0. The molecule has 1 aliphatic heterocycles. The summed E-state index contributed by atoms with van der Waals surface area (Å²) >= 11 is 0. The van der Waals surface area contributed by atoms with Gasteiger partial charge in [-0.1, -0.05) is 61.9 Å². The van der Waals surface area contributed by atoms with Crippen LogP contribution in [0.25, 0.3) is 0 Å². The average molecular weight is 949 g/mol. The monoisotopic (exact) mass is 948 g/mol. The van der Waals surface area contributed by atoms with Gasteiger partial charge < -0.3 is 54.3 Å². The van der Waals surface area contributed by atoms with Crippen LogP contribution in [0.2, 0.25) is 0 Å². The molecule has 0 aromatic carbocycles. The van der Waals surface area contributed by atoms with E-state index in [-0.39, 0.29) is 47.6 Å². The topological polar surface area (TPSA) is 313 Å². The van der Waals surface area contributed by atoms with Crippen molar-refractivity contribution in [1.29, 1.82) is 0 Å². The first-order valence-electron chi connectivity index (χ1n) is 16.7. The summed E-state index contributed by atoms with van der Waals surface area (Å²) < 4.78 is 75.5. The summed E-state index contributed by atoms with van der Waals surface area (Å²) in [6, 6.07) is 0. The molecule has 2 rings (SSSR count). The number of nitrogens with two attached hydrogens (primary N) is 1. The van der Waals surface area contributed by atoms with Crippen molar-refractivity contribution in [1.82, 2.24) is 14.9 Å². The zero-order valence-electron chi connectivity index (χ0n) is 31.2. The van der Waals surface area contributed by atoms with E-state index in [1.54, 1.807) is 21.6 Å². The van der Waals surface area contributed by atoms with E-state index >= 15 is 0 Å². The van der Waals surface area contributed by atoms with Gasteiger partial charge in [0.15, 0.2) is 0 Å². The molecular formula is C28H47N4O18P3S4. The van der Waals surface area contributed by atoms with Gasteiger partial charge in [-0.05, 0) is 33.1 Å². The molecule has 0 bridgehead atoms. The lowest BCUT2D eigenvalue weighted by Crippen LogP contribution is -2.29. The molecule has 0 spiro atoms. The molecule has 1 aromatic rings. The summed E-state index contributed by atoms with van der Waals surface area (Å²) in [5.41, 5.74) is 5.17. The Balaban J connectivity index is 1.87. The second-order valence-electron chi connectivity index (χ2n) is 11.9. The summed E-state index contributed by atoms with van der Waals surface area (Å²) in [5.74, 6) is 6.24. The number of amides is 1.